The fourth-order valence-corrected chi connectivity index (χ4v) is 8.74. The Morgan fingerprint density at radius 1 is 0.974 bits per heavy atom. The van der Waals surface area contributed by atoms with Crippen LogP contribution in [0.15, 0.2) is 71.3 Å². The van der Waals surface area contributed by atoms with Crippen molar-refractivity contribution in [3.05, 3.63) is 89.7 Å². The number of benzene rings is 1. The predicted molar refractivity (Wildman–Crippen MR) is 167 cm³/mol. The van der Waals surface area contributed by atoms with Crippen LogP contribution < -0.4 is 0 Å². The Morgan fingerprint density at radius 2 is 1.87 bits per heavy atom. The molecule has 0 amide bonds. The van der Waals surface area contributed by atoms with E-state index in [4.69, 9.17) is 4.99 Å². The molecule has 4 aromatic rings. The van der Waals surface area contributed by atoms with E-state index in [0.29, 0.717) is 17.8 Å². The number of rotatable bonds is 3. The van der Waals surface area contributed by atoms with Gasteiger partial charge in [0, 0.05) is 38.9 Å². The topological polar surface area (TPSA) is 17.3 Å². The third kappa shape index (κ3) is 3.72. The molecule has 3 heteroatoms. The number of allylic oxidation sites excluding steroid dienone is 7. The van der Waals surface area contributed by atoms with Crippen LogP contribution in [0.3, 0.4) is 0 Å². The van der Waals surface area contributed by atoms with E-state index in [0.717, 1.165) is 25.7 Å². The van der Waals surface area contributed by atoms with Gasteiger partial charge in [0.15, 0.2) is 0 Å². The minimum atomic E-state index is 0.0901. The lowest BCUT2D eigenvalue weighted by Crippen LogP contribution is -2.34. The van der Waals surface area contributed by atoms with Gasteiger partial charge in [0.05, 0.1) is 21.0 Å². The Balaban J connectivity index is 1.40. The van der Waals surface area contributed by atoms with Crippen molar-refractivity contribution in [2.75, 3.05) is 0 Å². The third-order valence-electron chi connectivity index (χ3n) is 9.53. The molecule has 0 fully saturated rings. The molecule has 3 aliphatic carbocycles. The molecule has 1 aliphatic heterocycles. The summed E-state index contributed by atoms with van der Waals surface area (Å²) in [6.07, 6.45) is 26.2. The van der Waals surface area contributed by atoms with Gasteiger partial charge in [-0.05, 0) is 68.9 Å². The van der Waals surface area contributed by atoms with Crippen LogP contribution in [0.5, 0.6) is 0 Å². The van der Waals surface area contributed by atoms with Gasteiger partial charge in [-0.15, -0.1) is 11.3 Å². The lowest BCUT2D eigenvalue weighted by atomic mass is 9.74. The molecule has 3 heterocycles. The molecule has 194 valence electrons. The van der Waals surface area contributed by atoms with Crippen molar-refractivity contribution in [1.29, 1.82) is 0 Å². The fraction of sp³-hybridized carbons (Fsp3) is 0.361. The average Bonchev–Trinajstić information content (AvgIpc) is 3.54. The largest absolute Gasteiger partial charge is 0.319 e. The van der Waals surface area contributed by atoms with Crippen molar-refractivity contribution >= 4 is 54.2 Å². The first kappa shape index (κ1) is 23.5. The summed E-state index contributed by atoms with van der Waals surface area (Å²) in [7, 11) is 0. The molecule has 4 atom stereocenters. The second-order valence-corrected chi connectivity index (χ2v) is 12.9. The molecule has 4 unspecified atom stereocenters. The fourth-order valence-electron chi connectivity index (χ4n) is 7.53. The molecule has 4 aliphatic rings. The number of aromatic nitrogens is 1. The quantitative estimate of drug-likeness (QED) is 0.236. The second-order valence-electron chi connectivity index (χ2n) is 11.8. The highest BCUT2D eigenvalue weighted by Crippen LogP contribution is 2.47. The molecule has 0 N–H and O–H groups in total. The predicted octanol–water partition coefficient (Wildman–Crippen LogP) is 9.80. The van der Waals surface area contributed by atoms with Crippen molar-refractivity contribution in [3.63, 3.8) is 0 Å². The molecule has 0 spiro atoms. The van der Waals surface area contributed by atoms with Crippen LogP contribution in [0.1, 0.15) is 69.3 Å². The first-order valence-electron chi connectivity index (χ1n) is 14.9. The Morgan fingerprint density at radius 3 is 2.74 bits per heavy atom. The minimum Gasteiger partial charge on any atom is -0.319 e. The summed E-state index contributed by atoms with van der Waals surface area (Å²) in [6, 6.07) is 16.0. The van der Waals surface area contributed by atoms with Gasteiger partial charge < -0.3 is 4.57 Å². The van der Waals surface area contributed by atoms with Gasteiger partial charge in [0.2, 0.25) is 0 Å². The summed E-state index contributed by atoms with van der Waals surface area (Å²) in [5, 5.41) is 3.72. The van der Waals surface area contributed by atoms with E-state index in [1.165, 1.54) is 79.3 Å². The van der Waals surface area contributed by atoms with Crippen molar-refractivity contribution in [3.8, 4) is 0 Å². The summed E-state index contributed by atoms with van der Waals surface area (Å²) in [5.41, 5.74) is 7.06. The normalized spacial score (nSPS) is 26.6. The first-order chi connectivity index (χ1) is 19.3. The molecule has 0 radical (unpaired) electrons. The lowest BCUT2D eigenvalue weighted by molar-refractivity contribution is 0.270. The zero-order chi connectivity index (χ0) is 25.9. The molecule has 0 saturated carbocycles. The summed E-state index contributed by atoms with van der Waals surface area (Å²) in [6.45, 7) is 2.47. The lowest BCUT2D eigenvalue weighted by Gasteiger charge is -2.39. The molecule has 0 bridgehead atoms. The Kier molecular flexibility index (Phi) is 5.66. The van der Waals surface area contributed by atoms with Gasteiger partial charge in [-0.1, -0.05) is 79.8 Å². The zero-order valence-electron chi connectivity index (χ0n) is 22.6. The average molecular weight is 527 g/mol. The van der Waals surface area contributed by atoms with Crippen LogP contribution in [0.4, 0.5) is 0 Å². The maximum atomic E-state index is 5.73. The van der Waals surface area contributed by atoms with Crippen LogP contribution in [0.2, 0.25) is 0 Å². The molecule has 39 heavy (non-hydrogen) atoms. The summed E-state index contributed by atoms with van der Waals surface area (Å²) >= 11 is 1.91. The molecule has 2 aromatic carbocycles. The highest BCUT2D eigenvalue weighted by atomic mass is 32.1. The van der Waals surface area contributed by atoms with E-state index in [9.17, 15) is 0 Å². The Labute approximate surface area is 235 Å². The van der Waals surface area contributed by atoms with E-state index >= 15 is 0 Å². The number of hydrogen-bond donors (Lipinski definition) is 0. The number of fused-ring (bicyclic) bond motifs is 7. The minimum absolute atomic E-state index is 0.0901. The Hall–Kier alpha value is -3.35. The molecule has 2 nitrogen and oxygen atoms in total. The molecular weight excluding hydrogens is 492 g/mol. The highest BCUT2D eigenvalue weighted by Gasteiger charge is 2.38. The van der Waals surface area contributed by atoms with Crippen molar-refractivity contribution < 1.29 is 0 Å². The van der Waals surface area contributed by atoms with Crippen LogP contribution in [-0.4, -0.2) is 10.3 Å². The van der Waals surface area contributed by atoms with Crippen molar-refractivity contribution in [2.24, 2.45) is 22.7 Å². The summed E-state index contributed by atoms with van der Waals surface area (Å²) in [5.74, 6) is 1.39. The highest BCUT2D eigenvalue weighted by molar-refractivity contribution is 7.26. The van der Waals surface area contributed by atoms with Gasteiger partial charge in [-0.2, -0.15) is 0 Å². The molecule has 8 rings (SSSR count). The van der Waals surface area contributed by atoms with Gasteiger partial charge in [0.25, 0.3) is 0 Å². The van der Waals surface area contributed by atoms with E-state index in [2.05, 4.69) is 90.4 Å². The maximum absolute atomic E-state index is 5.73. The second kappa shape index (κ2) is 9.39. The van der Waals surface area contributed by atoms with Crippen LogP contribution in [-0.2, 0) is 6.42 Å². The molecule has 0 saturated heterocycles. The van der Waals surface area contributed by atoms with Crippen LogP contribution in [0.25, 0.3) is 37.2 Å². The SMILES string of the molecule is CC1C(C2=CCCC=C2)CC(C2C=CCCC2)=NC1n1c2c(c3c#cc4c5ccccc5sc4c31)C=CCC2. The summed E-state index contributed by atoms with van der Waals surface area (Å²) < 4.78 is 5.34. The molecular formula is C36H34N2S. The Bertz CT molecular complexity index is 1750. The number of thiophene rings is 1. The van der Waals surface area contributed by atoms with E-state index < -0.39 is 0 Å². The van der Waals surface area contributed by atoms with Gasteiger partial charge in [-0.3, -0.25) is 4.99 Å². The van der Waals surface area contributed by atoms with Gasteiger partial charge in [0.1, 0.15) is 6.17 Å². The van der Waals surface area contributed by atoms with Crippen LogP contribution >= 0.6 is 11.3 Å². The van der Waals surface area contributed by atoms with E-state index in [1.54, 1.807) is 0 Å². The van der Waals surface area contributed by atoms with Gasteiger partial charge in [-0.25, -0.2) is 0 Å². The number of nitrogens with zero attached hydrogens (tertiary/aromatic N) is 2. The monoisotopic (exact) mass is 526 g/mol. The van der Waals surface area contributed by atoms with Crippen molar-refractivity contribution in [2.45, 2.75) is 64.5 Å². The van der Waals surface area contributed by atoms with Crippen molar-refractivity contribution in [1.82, 2.24) is 4.57 Å². The maximum Gasteiger partial charge on any atom is 0.128 e. The van der Waals surface area contributed by atoms with E-state index in [-0.39, 0.29) is 6.17 Å². The third-order valence-corrected chi connectivity index (χ3v) is 10.7. The smallest absolute Gasteiger partial charge is 0.128 e. The zero-order valence-corrected chi connectivity index (χ0v) is 23.4. The first-order valence-corrected chi connectivity index (χ1v) is 15.7. The van der Waals surface area contributed by atoms with Crippen LogP contribution in [0, 0.1) is 29.9 Å². The molecule has 2 aromatic heterocycles. The van der Waals surface area contributed by atoms with Gasteiger partial charge >= 0.3 is 0 Å². The standard InChI is InChI=1S/C36H34N2S/c1-23-30(24-12-4-2-5-13-24)22-31(25-14-6-3-7-15-25)37-36(23)38-32-18-10-8-16-26(32)28-20-21-29-27-17-9-11-19-33(27)39-35(29)34(28)38/h4,6,8-9,11-14,16-17,19,23,25,30,36H,2-3,5,7,10,15,18,22H2,1H3. The van der Waals surface area contributed by atoms with E-state index in [1.807, 2.05) is 11.3 Å². The number of hydrogen-bond acceptors (Lipinski definition) is 2. The number of aliphatic imine (C=N–C) groups is 1. The summed E-state index contributed by atoms with van der Waals surface area (Å²) in [4.78, 5) is 5.73.